The average molecular weight is 384 g/mol. The van der Waals surface area contributed by atoms with Gasteiger partial charge in [0.1, 0.15) is 5.75 Å². The van der Waals surface area contributed by atoms with Crippen molar-refractivity contribution < 1.29 is 9.53 Å². The van der Waals surface area contributed by atoms with E-state index in [0.29, 0.717) is 24.3 Å². The second kappa shape index (κ2) is 8.03. The molecule has 3 aromatic rings. The minimum absolute atomic E-state index is 0.101. The first-order valence-corrected chi connectivity index (χ1v) is 9.45. The van der Waals surface area contributed by atoms with Gasteiger partial charge in [-0.3, -0.25) is 14.7 Å². The van der Waals surface area contributed by atoms with E-state index in [2.05, 4.69) is 16.4 Å². The van der Waals surface area contributed by atoms with Gasteiger partial charge in [0.25, 0.3) is 5.91 Å². The molecule has 2 aromatic carbocycles. The van der Waals surface area contributed by atoms with Gasteiger partial charge in [-0.1, -0.05) is 12.1 Å². The zero-order valence-electron chi connectivity index (χ0n) is 16.0. The highest BCUT2D eigenvalue weighted by atomic mass is 16.5. The molecule has 0 spiro atoms. The first kappa shape index (κ1) is 18.5. The lowest BCUT2D eigenvalue weighted by molar-refractivity contribution is 0.0993. The van der Waals surface area contributed by atoms with Crippen LogP contribution in [0, 0.1) is 11.3 Å². The van der Waals surface area contributed by atoms with E-state index in [-0.39, 0.29) is 5.91 Å². The lowest BCUT2D eigenvalue weighted by Crippen LogP contribution is -2.32. The summed E-state index contributed by atoms with van der Waals surface area (Å²) < 4.78 is 5.51. The normalized spacial score (nSPS) is 15.0. The van der Waals surface area contributed by atoms with Gasteiger partial charge in [0.15, 0.2) is 6.17 Å². The minimum Gasteiger partial charge on any atom is -0.494 e. The molecule has 1 aliphatic heterocycles. The van der Waals surface area contributed by atoms with Crippen molar-refractivity contribution in [2.45, 2.75) is 19.5 Å². The van der Waals surface area contributed by atoms with Gasteiger partial charge in [-0.2, -0.15) is 5.26 Å². The van der Waals surface area contributed by atoms with Crippen LogP contribution in [0.1, 0.15) is 34.7 Å². The smallest absolute Gasteiger partial charge is 0.262 e. The molecule has 4 rings (SSSR count). The highest BCUT2D eigenvalue weighted by Gasteiger charge is 2.38. The van der Waals surface area contributed by atoms with Crippen molar-refractivity contribution in [3.8, 4) is 11.8 Å². The lowest BCUT2D eigenvalue weighted by Gasteiger charge is -2.26. The molecule has 2 heterocycles. The molecule has 0 radical (unpaired) electrons. The number of hydrogen-bond donors (Lipinski definition) is 1. The molecule has 1 unspecified atom stereocenters. The minimum atomic E-state index is -0.432. The Morgan fingerprint density at radius 2 is 1.90 bits per heavy atom. The number of rotatable bonds is 6. The van der Waals surface area contributed by atoms with Crippen LogP contribution in [0.25, 0.3) is 0 Å². The van der Waals surface area contributed by atoms with Crippen molar-refractivity contribution in [1.82, 2.24) is 4.98 Å². The Kier molecular flexibility index (Phi) is 5.12. The van der Waals surface area contributed by atoms with Crippen molar-refractivity contribution in [3.63, 3.8) is 0 Å². The summed E-state index contributed by atoms with van der Waals surface area (Å²) in [7, 11) is 0. The maximum Gasteiger partial charge on any atom is 0.262 e. The Bertz CT molecular complexity index is 1060. The molecule has 1 amide bonds. The number of hydrogen-bond acceptors (Lipinski definition) is 5. The summed E-state index contributed by atoms with van der Waals surface area (Å²) in [6, 6.07) is 20.8. The fraction of sp³-hybridized carbons (Fsp3) is 0.174. The number of aromatic nitrogens is 1. The van der Waals surface area contributed by atoms with Gasteiger partial charge >= 0.3 is 0 Å². The maximum absolute atomic E-state index is 13.1. The summed E-state index contributed by atoms with van der Waals surface area (Å²) in [4.78, 5) is 19.3. The molecule has 0 aliphatic carbocycles. The van der Waals surface area contributed by atoms with Crippen LogP contribution in [-0.2, 0) is 6.42 Å². The summed E-state index contributed by atoms with van der Waals surface area (Å²) in [6.45, 7) is 2.52. The monoisotopic (exact) mass is 384 g/mol. The summed E-state index contributed by atoms with van der Waals surface area (Å²) in [5.41, 5.74) is 3.82. The SMILES string of the molecule is CCOc1ccc(N2C(=O)c3cccnc3C2Nc2ccc(CC#N)cc2)cc1. The molecule has 29 heavy (non-hydrogen) atoms. The molecular weight excluding hydrogens is 364 g/mol. The number of benzene rings is 2. The quantitative estimate of drug-likeness (QED) is 0.685. The molecular formula is C23H20N4O2. The number of nitriles is 1. The zero-order chi connectivity index (χ0) is 20.2. The number of amides is 1. The number of carbonyl (C=O) groups excluding carboxylic acids is 1. The van der Waals surface area contributed by atoms with E-state index in [9.17, 15) is 4.79 Å². The summed E-state index contributed by atoms with van der Waals surface area (Å²) in [6.07, 6.45) is 1.63. The predicted molar refractivity (Wildman–Crippen MR) is 111 cm³/mol. The third-order valence-electron chi connectivity index (χ3n) is 4.77. The number of nitrogens with one attached hydrogen (secondary N) is 1. The van der Waals surface area contributed by atoms with Crippen LogP contribution in [0.15, 0.2) is 66.9 Å². The molecule has 1 N–H and O–H groups in total. The van der Waals surface area contributed by atoms with Crippen molar-refractivity contribution in [3.05, 3.63) is 83.7 Å². The second-order valence-electron chi connectivity index (χ2n) is 6.62. The van der Waals surface area contributed by atoms with Gasteiger partial charge < -0.3 is 10.1 Å². The molecule has 0 saturated carbocycles. The number of nitrogens with zero attached hydrogens (tertiary/aromatic N) is 3. The van der Waals surface area contributed by atoms with E-state index in [1.807, 2.05) is 55.5 Å². The van der Waals surface area contributed by atoms with Gasteiger partial charge in [-0.15, -0.1) is 0 Å². The van der Waals surface area contributed by atoms with Gasteiger partial charge in [0.05, 0.1) is 30.4 Å². The average Bonchev–Trinajstić information content (AvgIpc) is 3.03. The Balaban J connectivity index is 1.67. The van der Waals surface area contributed by atoms with Crippen LogP contribution in [0.5, 0.6) is 5.75 Å². The summed E-state index contributed by atoms with van der Waals surface area (Å²) in [5, 5.41) is 12.3. The van der Waals surface area contributed by atoms with E-state index in [4.69, 9.17) is 10.00 Å². The third-order valence-corrected chi connectivity index (χ3v) is 4.77. The van der Waals surface area contributed by atoms with Crippen LogP contribution < -0.4 is 15.0 Å². The molecule has 0 fully saturated rings. The summed E-state index contributed by atoms with van der Waals surface area (Å²) >= 11 is 0. The first-order valence-electron chi connectivity index (χ1n) is 9.45. The van der Waals surface area contributed by atoms with E-state index in [1.165, 1.54) is 0 Å². The van der Waals surface area contributed by atoms with Crippen molar-refractivity contribution in [2.24, 2.45) is 0 Å². The maximum atomic E-state index is 13.1. The Hall–Kier alpha value is -3.85. The van der Waals surface area contributed by atoms with Crippen LogP contribution in [0.2, 0.25) is 0 Å². The van der Waals surface area contributed by atoms with E-state index >= 15 is 0 Å². The lowest BCUT2D eigenvalue weighted by atomic mass is 10.1. The Morgan fingerprint density at radius 1 is 1.14 bits per heavy atom. The molecule has 6 nitrogen and oxygen atoms in total. The molecule has 0 saturated heterocycles. The highest BCUT2D eigenvalue weighted by Crippen LogP contribution is 2.37. The van der Waals surface area contributed by atoms with Gasteiger partial charge in [-0.05, 0) is 61.0 Å². The number of anilines is 2. The molecule has 1 aromatic heterocycles. The summed E-state index contributed by atoms with van der Waals surface area (Å²) in [5.74, 6) is 0.659. The number of carbonyl (C=O) groups is 1. The van der Waals surface area contributed by atoms with E-state index in [1.54, 1.807) is 23.2 Å². The number of fused-ring (bicyclic) bond motifs is 1. The molecule has 1 atom stereocenters. The van der Waals surface area contributed by atoms with Crippen LogP contribution >= 0.6 is 0 Å². The fourth-order valence-corrected chi connectivity index (χ4v) is 3.42. The molecule has 144 valence electrons. The topological polar surface area (TPSA) is 78.2 Å². The molecule has 6 heteroatoms. The van der Waals surface area contributed by atoms with Gasteiger partial charge in [0, 0.05) is 17.6 Å². The number of ether oxygens (including phenoxy) is 1. The number of pyridine rings is 1. The second-order valence-corrected chi connectivity index (χ2v) is 6.62. The fourth-order valence-electron chi connectivity index (χ4n) is 3.42. The van der Waals surface area contributed by atoms with Crippen LogP contribution in [-0.4, -0.2) is 17.5 Å². The van der Waals surface area contributed by atoms with Gasteiger partial charge in [-0.25, -0.2) is 0 Å². The first-order chi connectivity index (χ1) is 14.2. The van der Waals surface area contributed by atoms with Crippen LogP contribution in [0.4, 0.5) is 11.4 Å². The van der Waals surface area contributed by atoms with Gasteiger partial charge in [0.2, 0.25) is 0 Å². The Morgan fingerprint density at radius 3 is 2.59 bits per heavy atom. The molecule has 0 bridgehead atoms. The Labute approximate surface area is 169 Å². The van der Waals surface area contributed by atoms with Crippen molar-refractivity contribution >= 4 is 17.3 Å². The predicted octanol–water partition coefficient (Wildman–Crippen LogP) is 4.32. The van der Waals surface area contributed by atoms with E-state index < -0.39 is 6.17 Å². The molecule has 1 aliphatic rings. The zero-order valence-corrected chi connectivity index (χ0v) is 16.0. The van der Waals surface area contributed by atoms with E-state index in [0.717, 1.165) is 22.7 Å². The standard InChI is InChI=1S/C23H20N4O2/c1-2-29-19-11-9-18(10-12-19)27-22(21-20(23(27)28)4-3-15-25-21)26-17-7-5-16(6-8-17)13-14-24/h3-12,15,22,26H,2,13H2,1H3. The van der Waals surface area contributed by atoms with Crippen LogP contribution in [0.3, 0.4) is 0 Å². The highest BCUT2D eigenvalue weighted by molar-refractivity contribution is 6.11. The van der Waals surface area contributed by atoms with Crippen molar-refractivity contribution in [2.75, 3.05) is 16.8 Å². The third kappa shape index (κ3) is 3.63. The largest absolute Gasteiger partial charge is 0.494 e. The van der Waals surface area contributed by atoms with Crippen molar-refractivity contribution in [1.29, 1.82) is 5.26 Å².